The van der Waals surface area contributed by atoms with E-state index < -0.39 is 74.3 Å². The lowest BCUT2D eigenvalue weighted by molar-refractivity contribution is -0.376. The lowest BCUT2D eigenvalue weighted by atomic mass is 9.87. The van der Waals surface area contributed by atoms with E-state index in [2.05, 4.69) is 12.8 Å². The summed E-state index contributed by atoms with van der Waals surface area (Å²) in [6, 6.07) is 11.7. The van der Waals surface area contributed by atoms with Crippen molar-refractivity contribution in [3.8, 4) is 18.6 Å². The Morgan fingerprint density at radius 1 is 0.980 bits per heavy atom. The summed E-state index contributed by atoms with van der Waals surface area (Å²) in [4.78, 5) is 11.1. The molecule has 0 bridgehead atoms. The molecule has 2 heterocycles. The fourth-order valence-corrected chi connectivity index (χ4v) is 7.11. The van der Waals surface area contributed by atoms with Crippen LogP contribution in [-0.4, -0.2) is 54.6 Å². The lowest BCUT2D eigenvalue weighted by Gasteiger charge is -2.39. The first kappa shape index (κ1) is 39.1. The van der Waals surface area contributed by atoms with Crippen LogP contribution in [0.1, 0.15) is 43.4 Å². The summed E-state index contributed by atoms with van der Waals surface area (Å²) in [7, 11) is -4.54. The predicted octanol–water partition coefficient (Wildman–Crippen LogP) is 5.53. The van der Waals surface area contributed by atoms with E-state index in [4.69, 9.17) is 10.5 Å². The molecule has 49 heavy (non-hydrogen) atoms. The minimum absolute atomic E-state index is 0.170. The van der Waals surface area contributed by atoms with E-state index in [1.807, 2.05) is 38.1 Å². The highest BCUT2D eigenvalue weighted by molar-refractivity contribution is 7.92. The van der Waals surface area contributed by atoms with E-state index in [0.717, 1.165) is 35.6 Å². The van der Waals surface area contributed by atoms with Crippen molar-refractivity contribution in [3.05, 3.63) is 89.2 Å². The number of aryl methyl sites for hydroxylation is 1. The molecule has 266 valence electrons. The topological polar surface area (TPSA) is 130 Å². The number of aliphatic hydroxyl groups excluding tert-OH is 1. The van der Waals surface area contributed by atoms with Crippen molar-refractivity contribution in [1.29, 1.82) is 0 Å². The maximum absolute atomic E-state index is 13.3. The zero-order valence-corrected chi connectivity index (χ0v) is 26.9. The Morgan fingerprint density at radius 2 is 1.55 bits per heavy atom. The maximum Gasteiger partial charge on any atom is 0.430 e. The van der Waals surface area contributed by atoms with Crippen molar-refractivity contribution >= 4 is 21.6 Å². The van der Waals surface area contributed by atoms with Crippen LogP contribution in [0.5, 0.6) is 5.75 Å². The molecule has 8 nitrogen and oxygen atoms in total. The number of nitrogens with two attached hydrogens (primary N) is 1. The van der Waals surface area contributed by atoms with Crippen molar-refractivity contribution in [2.24, 2.45) is 5.73 Å². The van der Waals surface area contributed by atoms with E-state index in [1.165, 1.54) is 0 Å². The van der Waals surface area contributed by atoms with Crippen molar-refractivity contribution < 1.29 is 58.9 Å². The molecule has 5 rings (SSSR count). The van der Waals surface area contributed by atoms with Crippen LogP contribution < -0.4 is 14.8 Å². The van der Waals surface area contributed by atoms with Crippen LogP contribution in [0.2, 0.25) is 0 Å². The van der Waals surface area contributed by atoms with Crippen LogP contribution in [0, 0.1) is 18.7 Å². The number of terminal acetylenes is 1. The van der Waals surface area contributed by atoms with Crippen molar-refractivity contribution in [2.45, 2.75) is 80.1 Å². The third-order valence-electron chi connectivity index (χ3n) is 8.00. The zero-order chi connectivity index (χ0) is 37.2. The Morgan fingerprint density at radius 3 is 2.10 bits per heavy atom. The number of halogens is 7. The predicted molar refractivity (Wildman–Crippen MR) is 165 cm³/mol. The van der Waals surface area contributed by atoms with E-state index in [9.17, 15) is 54.2 Å². The van der Waals surface area contributed by atoms with Crippen LogP contribution in [0.4, 0.5) is 36.4 Å². The molecule has 2 atom stereocenters. The number of nitrogens with zero attached hydrogens (tertiary/aromatic N) is 1. The second kappa shape index (κ2) is 14.3. The van der Waals surface area contributed by atoms with Crippen LogP contribution in [0.15, 0.2) is 71.6 Å². The first-order valence-corrected chi connectivity index (χ1v) is 15.9. The van der Waals surface area contributed by atoms with E-state index in [-0.39, 0.29) is 24.1 Å². The number of alkyl halides is 6. The van der Waals surface area contributed by atoms with Crippen molar-refractivity contribution in [2.75, 3.05) is 4.31 Å². The van der Waals surface area contributed by atoms with Gasteiger partial charge in [0, 0.05) is 18.4 Å². The molecule has 3 aromatic carbocycles. The van der Waals surface area contributed by atoms with Gasteiger partial charge >= 0.3 is 12.4 Å². The number of aliphatic hydroxyl groups is 2. The van der Waals surface area contributed by atoms with Crippen molar-refractivity contribution in [3.63, 3.8) is 0 Å². The number of sulfonamides is 1. The molecule has 3 aromatic rings. The number of carbonyl (C=O) groups excluding carboxylic acids is 1. The minimum atomic E-state index is -6.12. The highest BCUT2D eigenvalue weighted by Crippen LogP contribution is 2.51. The fourth-order valence-electron chi connectivity index (χ4n) is 5.39. The largest absolute Gasteiger partial charge is 0.485 e. The van der Waals surface area contributed by atoms with Gasteiger partial charge < -0.3 is 20.7 Å². The SMILES string of the molecule is C#C.CC1(C)Oc2ccccc2C[C@@H]1O.NC(=O)C[C@@H]1CCc2cc(C(O)(C(F)(F)F)C(F)(F)F)ccc2N1S(=O)(=O)c1ccc(F)cc1. The average Bonchev–Trinajstić information content (AvgIpc) is 3.00. The summed E-state index contributed by atoms with van der Waals surface area (Å²) in [6.45, 7) is 3.82. The molecule has 0 saturated carbocycles. The van der Waals surface area contributed by atoms with Crippen LogP contribution in [-0.2, 0) is 33.3 Å². The number of fused-ring (bicyclic) bond motifs is 2. The van der Waals surface area contributed by atoms with Crippen LogP contribution in [0.25, 0.3) is 0 Å². The van der Waals surface area contributed by atoms with Gasteiger partial charge in [0.1, 0.15) is 17.2 Å². The molecule has 2 aliphatic heterocycles. The molecule has 4 N–H and O–H groups in total. The second-order valence-corrected chi connectivity index (χ2v) is 13.5. The van der Waals surface area contributed by atoms with Gasteiger partial charge in [0.05, 0.1) is 22.7 Å². The Balaban J connectivity index is 0.000000358. The number of benzene rings is 3. The van der Waals surface area contributed by atoms with Gasteiger partial charge in [0.15, 0.2) is 0 Å². The van der Waals surface area contributed by atoms with Gasteiger partial charge in [-0.2, -0.15) is 26.3 Å². The smallest absolute Gasteiger partial charge is 0.430 e. The van der Waals surface area contributed by atoms with E-state index in [1.54, 1.807) is 0 Å². The number of anilines is 1. The molecule has 0 fully saturated rings. The summed E-state index contributed by atoms with van der Waals surface area (Å²) in [6.07, 6.45) is -4.84. The van der Waals surface area contributed by atoms with Gasteiger partial charge in [-0.05, 0) is 74.2 Å². The Labute approximate surface area is 278 Å². The molecule has 0 saturated heterocycles. The first-order valence-electron chi connectivity index (χ1n) is 14.5. The molecule has 0 spiro atoms. The number of rotatable bonds is 5. The Kier molecular flexibility index (Phi) is 11.4. The number of ether oxygens (including phenoxy) is 1. The number of carbonyl (C=O) groups is 1. The molecule has 2 aliphatic rings. The summed E-state index contributed by atoms with van der Waals surface area (Å²) in [5, 5.41) is 19.4. The molecular weight excluding hydrogens is 685 g/mol. The van der Waals surface area contributed by atoms with Crippen LogP contribution >= 0.6 is 0 Å². The summed E-state index contributed by atoms with van der Waals surface area (Å²) in [5.74, 6) is -0.749. The van der Waals surface area contributed by atoms with E-state index in [0.29, 0.717) is 28.9 Å². The summed E-state index contributed by atoms with van der Waals surface area (Å²) in [5.41, 5.74) is -1.45. The number of primary amides is 1. The molecule has 0 aromatic heterocycles. The number of hydrogen-bond donors (Lipinski definition) is 3. The minimum Gasteiger partial charge on any atom is -0.485 e. The van der Waals surface area contributed by atoms with Crippen LogP contribution in [0.3, 0.4) is 0 Å². The van der Waals surface area contributed by atoms with Gasteiger partial charge in [-0.3, -0.25) is 9.10 Å². The fraction of sp³-hybridized carbons (Fsp3) is 0.364. The van der Waals surface area contributed by atoms with Gasteiger partial charge in [0.2, 0.25) is 5.91 Å². The number of para-hydroxylation sites is 1. The van der Waals surface area contributed by atoms with Gasteiger partial charge in [-0.25, -0.2) is 12.8 Å². The average molecular weight is 719 g/mol. The first-order chi connectivity index (χ1) is 22.6. The van der Waals surface area contributed by atoms with Gasteiger partial charge in [-0.15, -0.1) is 12.8 Å². The molecule has 1 amide bonds. The standard InChI is InChI=1S/C20H17F7N2O4S.C11H14O2.C2H2/c21-13-3-6-15(7-4-13)34(32,33)29-14(10-17(28)30)5-1-11-9-12(2-8-16(11)29)18(31,19(22,23)24)20(25,26)27;1-11(2)10(12)7-8-5-3-4-6-9(8)13-11;1-2/h2-4,6-9,14,31H,1,5,10H2,(H2,28,30);3-6,10,12H,7H2,1-2H3;1-2H/t14-;10-;/m00./s1. The molecule has 0 aliphatic carbocycles. The summed E-state index contributed by atoms with van der Waals surface area (Å²) >= 11 is 0. The van der Waals surface area contributed by atoms with E-state index >= 15 is 0 Å². The number of amides is 1. The summed E-state index contributed by atoms with van der Waals surface area (Å²) < 4.78 is 126. The highest BCUT2D eigenvalue weighted by Gasteiger charge is 2.71. The lowest BCUT2D eigenvalue weighted by Crippen LogP contribution is -2.54. The Hall–Kier alpha value is -4.33. The Bertz CT molecular complexity index is 1760. The monoisotopic (exact) mass is 718 g/mol. The van der Waals surface area contributed by atoms with Gasteiger partial charge in [-0.1, -0.05) is 30.3 Å². The normalized spacial score (nSPS) is 18.7. The highest BCUT2D eigenvalue weighted by atomic mass is 32.2. The number of hydrogen-bond acceptors (Lipinski definition) is 6. The van der Waals surface area contributed by atoms with Gasteiger partial charge in [0.25, 0.3) is 15.6 Å². The molecule has 16 heteroatoms. The second-order valence-electron chi connectivity index (χ2n) is 11.7. The molecule has 0 unspecified atom stereocenters. The molecular formula is C33H33F7N2O6S. The third kappa shape index (κ3) is 7.95. The third-order valence-corrected chi connectivity index (χ3v) is 9.88. The quantitative estimate of drug-likeness (QED) is 0.235. The molecule has 0 radical (unpaired) electrons. The maximum atomic E-state index is 13.3. The van der Waals surface area contributed by atoms with Crippen molar-refractivity contribution in [1.82, 2.24) is 0 Å². The zero-order valence-electron chi connectivity index (χ0n) is 26.1.